The summed E-state index contributed by atoms with van der Waals surface area (Å²) in [6.45, 7) is 4.03. The molecule has 0 saturated carbocycles. The van der Waals surface area contributed by atoms with Gasteiger partial charge in [-0.05, 0) is 37.1 Å². The number of thioether (sulfide) groups is 2. The van der Waals surface area contributed by atoms with E-state index >= 15 is 0 Å². The zero-order valence-corrected chi connectivity index (χ0v) is 19.8. The first-order valence-electron chi connectivity index (χ1n) is 10.0. The topological polar surface area (TPSA) is 78.0 Å². The van der Waals surface area contributed by atoms with Gasteiger partial charge in [-0.1, -0.05) is 42.1 Å². The number of fused-ring (bicyclic) bond motifs is 3. The summed E-state index contributed by atoms with van der Waals surface area (Å²) in [4.78, 5) is 31.0. The highest BCUT2D eigenvalue weighted by Gasteiger charge is 2.35. The number of nitro groups is 1. The Morgan fingerprint density at radius 2 is 1.84 bits per heavy atom. The zero-order valence-electron chi connectivity index (χ0n) is 17.3. The van der Waals surface area contributed by atoms with E-state index in [-0.39, 0.29) is 27.5 Å². The fourth-order valence-corrected chi connectivity index (χ4v) is 7.77. The quantitative estimate of drug-likeness (QED) is 0.207. The number of hydrogen-bond donors (Lipinski definition) is 0. The fraction of sp³-hybridized carbons (Fsp3) is 0.217. The van der Waals surface area contributed by atoms with Crippen molar-refractivity contribution in [1.29, 1.82) is 0 Å². The van der Waals surface area contributed by atoms with Crippen molar-refractivity contribution in [2.45, 2.75) is 35.2 Å². The van der Waals surface area contributed by atoms with Gasteiger partial charge in [0.05, 0.1) is 16.4 Å². The summed E-state index contributed by atoms with van der Waals surface area (Å²) in [6.07, 6.45) is 0. The molecule has 0 fully saturated rings. The van der Waals surface area contributed by atoms with Crippen LogP contribution in [0.2, 0.25) is 0 Å². The van der Waals surface area contributed by atoms with Crippen LogP contribution in [0.25, 0.3) is 10.2 Å². The number of non-ortho nitro benzene ring substituents is 1. The summed E-state index contributed by atoms with van der Waals surface area (Å²) in [5, 5.41) is 12.6. The van der Waals surface area contributed by atoms with E-state index < -0.39 is 0 Å². The molecule has 6 nitrogen and oxygen atoms in total. The Labute approximate surface area is 196 Å². The molecule has 2 atom stereocenters. The van der Waals surface area contributed by atoms with Crippen molar-refractivity contribution in [3.05, 3.63) is 91.1 Å². The highest BCUT2D eigenvalue weighted by Crippen LogP contribution is 2.45. The molecule has 0 unspecified atom stereocenters. The predicted molar refractivity (Wildman–Crippen MR) is 131 cm³/mol. The van der Waals surface area contributed by atoms with E-state index in [1.54, 1.807) is 47.0 Å². The molecule has 2 aromatic heterocycles. The largest absolute Gasteiger partial charge is 0.303 e. The van der Waals surface area contributed by atoms with Crippen molar-refractivity contribution >= 4 is 50.8 Å². The maximum atomic E-state index is 12.8. The standard InChI is InChI=1S/C23H19N3O3S3/c1-13-14(2)31-22-19(13)21(27)24-23-25(22)20(15-6-4-3-5-7-15)18(12-30-23)32-17-10-8-16(9-11-17)26(28)29/h3-11,18,20H,12H2,1-2H3/t18-,20-/m0/s1. The molecule has 32 heavy (non-hydrogen) atoms. The van der Waals surface area contributed by atoms with Gasteiger partial charge in [0.2, 0.25) is 0 Å². The van der Waals surface area contributed by atoms with Crippen LogP contribution in [0.4, 0.5) is 5.69 Å². The maximum absolute atomic E-state index is 12.8. The molecule has 4 aromatic rings. The number of hydrogen-bond acceptors (Lipinski definition) is 7. The van der Waals surface area contributed by atoms with E-state index in [9.17, 15) is 14.9 Å². The Kier molecular flexibility index (Phi) is 5.56. The highest BCUT2D eigenvalue weighted by atomic mass is 32.2. The number of rotatable bonds is 4. The molecule has 0 N–H and O–H groups in total. The minimum absolute atomic E-state index is 0.0132. The van der Waals surface area contributed by atoms with Crippen molar-refractivity contribution in [2.24, 2.45) is 0 Å². The molecule has 0 aliphatic carbocycles. The molecule has 0 radical (unpaired) electrons. The second-order valence-corrected chi connectivity index (χ2v) is 11.1. The van der Waals surface area contributed by atoms with Gasteiger partial charge in [0.15, 0.2) is 5.16 Å². The van der Waals surface area contributed by atoms with Gasteiger partial charge < -0.3 is 4.57 Å². The SMILES string of the molecule is Cc1sc2c(c1C)c(=O)nc1n2[C@@H](c2ccccc2)[C@@H](Sc2ccc([N+](=O)[O-])cc2)CS1. The summed E-state index contributed by atoms with van der Waals surface area (Å²) < 4.78 is 2.23. The lowest BCUT2D eigenvalue weighted by atomic mass is 10.0. The van der Waals surface area contributed by atoms with Crippen LogP contribution in [0, 0.1) is 24.0 Å². The highest BCUT2D eigenvalue weighted by molar-refractivity contribution is 8.03. The molecule has 5 rings (SSSR count). The normalized spacial score (nSPS) is 17.9. The van der Waals surface area contributed by atoms with Crippen molar-refractivity contribution in [3.8, 4) is 0 Å². The van der Waals surface area contributed by atoms with Gasteiger partial charge in [0, 0.05) is 32.9 Å². The number of aromatic nitrogens is 2. The average molecular weight is 482 g/mol. The summed E-state index contributed by atoms with van der Waals surface area (Å²) >= 11 is 4.95. The monoisotopic (exact) mass is 481 g/mol. The Hall–Kier alpha value is -2.62. The third kappa shape index (κ3) is 3.64. The van der Waals surface area contributed by atoms with Gasteiger partial charge in [0.1, 0.15) is 4.83 Å². The van der Waals surface area contributed by atoms with Crippen molar-refractivity contribution < 1.29 is 4.92 Å². The number of benzene rings is 2. The van der Waals surface area contributed by atoms with E-state index in [1.807, 2.05) is 44.2 Å². The minimum atomic E-state index is -0.381. The van der Waals surface area contributed by atoms with E-state index in [1.165, 1.54) is 0 Å². The van der Waals surface area contributed by atoms with E-state index in [0.717, 1.165) is 36.6 Å². The van der Waals surface area contributed by atoms with Gasteiger partial charge in [-0.25, -0.2) is 0 Å². The second-order valence-electron chi connectivity index (χ2n) is 7.61. The van der Waals surface area contributed by atoms with E-state index in [0.29, 0.717) is 5.39 Å². The van der Waals surface area contributed by atoms with Crippen molar-refractivity contribution in [1.82, 2.24) is 9.55 Å². The van der Waals surface area contributed by atoms with Gasteiger partial charge >= 0.3 is 0 Å². The molecule has 162 valence electrons. The first-order valence-corrected chi connectivity index (χ1v) is 12.7. The lowest BCUT2D eigenvalue weighted by Crippen LogP contribution is -2.32. The van der Waals surface area contributed by atoms with Crippen molar-refractivity contribution in [3.63, 3.8) is 0 Å². The van der Waals surface area contributed by atoms with Crippen LogP contribution in [0.1, 0.15) is 22.0 Å². The van der Waals surface area contributed by atoms with Gasteiger partial charge in [-0.2, -0.15) is 4.98 Å². The number of nitro benzene ring substituents is 1. The van der Waals surface area contributed by atoms with Crippen LogP contribution < -0.4 is 5.56 Å². The van der Waals surface area contributed by atoms with Crippen LogP contribution in [-0.4, -0.2) is 25.5 Å². The Bertz CT molecular complexity index is 1380. The van der Waals surface area contributed by atoms with Gasteiger partial charge in [-0.3, -0.25) is 14.9 Å². The van der Waals surface area contributed by atoms with E-state index in [2.05, 4.69) is 21.7 Å². The molecule has 3 heterocycles. The predicted octanol–water partition coefficient (Wildman–Crippen LogP) is 5.84. The molecular formula is C23H19N3O3S3. The molecule has 0 bridgehead atoms. The molecular weight excluding hydrogens is 462 g/mol. The van der Waals surface area contributed by atoms with Crippen LogP contribution in [0.15, 0.2) is 69.4 Å². The lowest BCUT2D eigenvalue weighted by Gasteiger charge is -2.35. The zero-order chi connectivity index (χ0) is 22.4. The average Bonchev–Trinajstić information content (AvgIpc) is 3.10. The Morgan fingerprint density at radius 1 is 1.12 bits per heavy atom. The first-order chi connectivity index (χ1) is 15.4. The van der Waals surface area contributed by atoms with Crippen LogP contribution in [0.3, 0.4) is 0 Å². The third-order valence-corrected chi connectivity index (χ3v) is 9.45. The first kappa shape index (κ1) is 21.2. The number of aryl methyl sites for hydroxylation is 2. The van der Waals surface area contributed by atoms with Crippen molar-refractivity contribution in [2.75, 3.05) is 5.75 Å². The molecule has 0 amide bonds. The Morgan fingerprint density at radius 3 is 2.53 bits per heavy atom. The van der Waals surface area contributed by atoms with Gasteiger partial charge in [-0.15, -0.1) is 23.1 Å². The van der Waals surface area contributed by atoms with Gasteiger partial charge in [0.25, 0.3) is 11.2 Å². The maximum Gasteiger partial charge on any atom is 0.282 e. The number of thiophene rings is 1. The van der Waals surface area contributed by atoms with Crippen LogP contribution in [0.5, 0.6) is 0 Å². The molecule has 1 aliphatic rings. The van der Waals surface area contributed by atoms with Crippen LogP contribution in [-0.2, 0) is 0 Å². The number of nitrogens with zero attached hydrogens (tertiary/aromatic N) is 3. The lowest BCUT2D eigenvalue weighted by molar-refractivity contribution is -0.384. The third-order valence-electron chi connectivity index (χ3n) is 5.69. The fourth-order valence-electron chi connectivity index (χ4n) is 4.01. The molecule has 0 saturated heterocycles. The minimum Gasteiger partial charge on any atom is -0.303 e. The second kappa shape index (κ2) is 8.38. The molecule has 0 spiro atoms. The summed E-state index contributed by atoms with van der Waals surface area (Å²) in [7, 11) is 0. The van der Waals surface area contributed by atoms with E-state index in [4.69, 9.17) is 0 Å². The molecule has 1 aliphatic heterocycles. The molecule has 2 aromatic carbocycles. The summed E-state index contributed by atoms with van der Waals surface area (Å²) in [5.74, 6) is 0.780. The molecule has 9 heteroatoms. The smallest absolute Gasteiger partial charge is 0.282 e. The summed E-state index contributed by atoms with van der Waals surface area (Å²) in [6, 6.07) is 17.0. The summed E-state index contributed by atoms with van der Waals surface area (Å²) in [5.41, 5.74) is 2.09. The van der Waals surface area contributed by atoms with Crippen LogP contribution >= 0.6 is 34.9 Å². The Balaban J connectivity index is 1.65.